The standard InChI is InChI=1S/C12H13BrF2N2O3/c1-2-3-9(11(18)19)16-12(20)17-10-7(14)4-6(13)5-8(10)15/h4-5,9H,2-3H2,1H3,(H,18,19)(H2,16,17,20)/t9-/m0/s1. The first-order chi connectivity index (χ1) is 9.35. The van der Waals surface area contributed by atoms with Crippen molar-refractivity contribution in [2.75, 3.05) is 5.32 Å². The molecule has 3 N–H and O–H groups in total. The molecule has 0 spiro atoms. The van der Waals surface area contributed by atoms with E-state index in [1.807, 2.05) is 5.32 Å². The van der Waals surface area contributed by atoms with E-state index >= 15 is 0 Å². The van der Waals surface area contributed by atoms with E-state index in [2.05, 4.69) is 21.2 Å². The molecule has 0 aliphatic rings. The number of aliphatic carboxylic acids is 1. The smallest absolute Gasteiger partial charge is 0.326 e. The van der Waals surface area contributed by atoms with Crippen molar-refractivity contribution in [2.24, 2.45) is 0 Å². The van der Waals surface area contributed by atoms with Crippen LogP contribution in [0, 0.1) is 11.6 Å². The Morgan fingerprint density at radius 2 is 1.90 bits per heavy atom. The summed E-state index contributed by atoms with van der Waals surface area (Å²) in [5, 5.41) is 13.0. The molecule has 1 aromatic rings. The van der Waals surface area contributed by atoms with E-state index in [1.54, 1.807) is 6.92 Å². The van der Waals surface area contributed by atoms with Crippen LogP contribution in [0.1, 0.15) is 19.8 Å². The second-order valence-corrected chi connectivity index (χ2v) is 4.94. The lowest BCUT2D eigenvalue weighted by molar-refractivity contribution is -0.139. The highest BCUT2D eigenvalue weighted by Crippen LogP contribution is 2.23. The molecule has 0 heterocycles. The average molecular weight is 351 g/mol. The molecule has 20 heavy (non-hydrogen) atoms. The molecule has 0 aliphatic carbocycles. The first-order valence-corrected chi connectivity index (χ1v) is 6.59. The number of benzene rings is 1. The molecule has 1 aromatic carbocycles. The molecule has 0 unspecified atom stereocenters. The van der Waals surface area contributed by atoms with Crippen molar-refractivity contribution in [3.05, 3.63) is 28.2 Å². The Labute approximate surface area is 122 Å². The Balaban J connectivity index is 2.78. The SMILES string of the molecule is CCC[C@H](NC(=O)Nc1c(F)cc(Br)cc1F)C(=O)O. The van der Waals surface area contributed by atoms with Gasteiger partial charge in [0.2, 0.25) is 0 Å². The van der Waals surface area contributed by atoms with Gasteiger partial charge in [0, 0.05) is 4.47 Å². The highest BCUT2D eigenvalue weighted by molar-refractivity contribution is 9.10. The zero-order valence-electron chi connectivity index (χ0n) is 10.5. The Kier molecular flexibility index (Phi) is 5.87. The predicted octanol–water partition coefficient (Wildman–Crippen LogP) is 3.10. The van der Waals surface area contributed by atoms with Crippen molar-refractivity contribution in [1.82, 2.24) is 5.32 Å². The lowest BCUT2D eigenvalue weighted by atomic mass is 10.2. The highest BCUT2D eigenvalue weighted by Gasteiger charge is 2.20. The molecule has 0 aromatic heterocycles. The van der Waals surface area contributed by atoms with Crippen LogP contribution in [0.5, 0.6) is 0 Å². The fourth-order valence-electron chi connectivity index (χ4n) is 1.52. The van der Waals surface area contributed by atoms with Crippen molar-refractivity contribution in [3.8, 4) is 0 Å². The van der Waals surface area contributed by atoms with E-state index in [9.17, 15) is 18.4 Å². The minimum absolute atomic E-state index is 0.188. The topological polar surface area (TPSA) is 78.4 Å². The van der Waals surface area contributed by atoms with Crippen molar-refractivity contribution in [2.45, 2.75) is 25.8 Å². The number of hydrogen-bond acceptors (Lipinski definition) is 2. The molecule has 0 saturated carbocycles. The largest absolute Gasteiger partial charge is 0.480 e. The van der Waals surface area contributed by atoms with Gasteiger partial charge in [0.1, 0.15) is 11.7 Å². The second kappa shape index (κ2) is 7.18. The first kappa shape index (κ1) is 16.4. The average Bonchev–Trinajstić information content (AvgIpc) is 2.33. The van der Waals surface area contributed by atoms with Crippen LogP contribution in [0.3, 0.4) is 0 Å². The van der Waals surface area contributed by atoms with Gasteiger partial charge in [-0.3, -0.25) is 0 Å². The molecule has 1 atom stereocenters. The summed E-state index contributed by atoms with van der Waals surface area (Å²) in [6.45, 7) is 1.75. The van der Waals surface area contributed by atoms with Crippen molar-refractivity contribution >= 4 is 33.6 Å². The third-order valence-electron chi connectivity index (χ3n) is 2.43. The summed E-state index contributed by atoms with van der Waals surface area (Å²) in [7, 11) is 0. The predicted molar refractivity (Wildman–Crippen MR) is 72.5 cm³/mol. The van der Waals surface area contributed by atoms with E-state index in [1.165, 1.54) is 0 Å². The molecule has 0 fully saturated rings. The van der Waals surface area contributed by atoms with Crippen molar-refractivity contribution in [1.29, 1.82) is 0 Å². The minimum atomic E-state index is -1.21. The van der Waals surface area contributed by atoms with Crippen LogP contribution in [0.25, 0.3) is 0 Å². The number of rotatable bonds is 5. The summed E-state index contributed by atoms with van der Waals surface area (Å²) in [4.78, 5) is 22.4. The lowest BCUT2D eigenvalue weighted by Gasteiger charge is -2.15. The van der Waals surface area contributed by atoms with Crippen LogP contribution in [0.4, 0.5) is 19.3 Å². The number of nitrogens with one attached hydrogen (secondary N) is 2. The monoisotopic (exact) mass is 350 g/mol. The molecular weight excluding hydrogens is 338 g/mol. The maximum atomic E-state index is 13.5. The van der Waals surface area contributed by atoms with Gasteiger partial charge < -0.3 is 15.7 Å². The van der Waals surface area contributed by atoms with Gasteiger partial charge >= 0.3 is 12.0 Å². The van der Waals surface area contributed by atoms with Gasteiger partial charge in [-0.25, -0.2) is 18.4 Å². The Morgan fingerprint density at radius 3 is 2.35 bits per heavy atom. The molecule has 1 rings (SSSR count). The molecule has 110 valence electrons. The van der Waals surface area contributed by atoms with Crippen LogP contribution in [0.15, 0.2) is 16.6 Å². The molecule has 2 amide bonds. The van der Waals surface area contributed by atoms with Gasteiger partial charge in [0.15, 0.2) is 11.6 Å². The zero-order chi connectivity index (χ0) is 15.3. The fraction of sp³-hybridized carbons (Fsp3) is 0.333. The number of hydrogen-bond donors (Lipinski definition) is 3. The van der Waals surface area contributed by atoms with Gasteiger partial charge in [0.05, 0.1) is 0 Å². The second-order valence-electron chi connectivity index (χ2n) is 4.02. The quantitative estimate of drug-likeness (QED) is 0.763. The molecular formula is C12H13BrF2N2O3. The van der Waals surface area contributed by atoms with Crippen LogP contribution < -0.4 is 10.6 Å². The molecule has 0 saturated heterocycles. The van der Waals surface area contributed by atoms with Gasteiger partial charge in [0.25, 0.3) is 0 Å². The summed E-state index contributed by atoms with van der Waals surface area (Å²) >= 11 is 2.91. The number of carboxylic acid groups (broad SMARTS) is 1. The van der Waals surface area contributed by atoms with Crippen molar-refractivity contribution < 1.29 is 23.5 Å². The summed E-state index contributed by atoms with van der Waals surface area (Å²) < 4.78 is 27.2. The van der Waals surface area contributed by atoms with Crippen LogP contribution >= 0.6 is 15.9 Å². The normalized spacial score (nSPS) is 11.8. The van der Waals surface area contributed by atoms with Gasteiger partial charge in [-0.15, -0.1) is 0 Å². The zero-order valence-corrected chi connectivity index (χ0v) is 12.1. The molecule has 0 aliphatic heterocycles. The summed E-state index contributed by atoms with van der Waals surface area (Å²) in [6, 6.07) is -0.119. The van der Waals surface area contributed by atoms with Gasteiger partial charge in [-0.05, 0) is 18.6 Å². The van der Waals surface area contributed by atoms with Crippen LogP contribution in [-0.4, -0.2) is 23.1 Å². The van der Waals surface area contributed by atoms with Gasteiger partial charge in [-0.2, -0.15) is 0 Å². The van der Waals surface area contributed by atoms with Crippen molar-refractivity contribution in [3.63, 3.8) is 0 Å². The molecule has 8 heteroatoms. The number of urea groups is 1. The van der Waals surface area contributed by atoms with Crippen LogP contribution in [-0.2, 0) is 4.79 Å². The number of halogens is 3. The summed E-state index contributed by atoms with van der Waals surface area (Å²) in [5.41, 5.74) is -0.633. The molecule has 0 bridgehead atoms. The minimum Gasteiger partial charge on any atom is -0.480 e. The number of carbonyl (C=O) groups excluding carboxylic acids is 1. The van der Waals surface area contributed by atoms with E-state index in [0.29, 0.717) is 6.42 Å². The molecule has 5 nitrogen and oxygen atoms in total. The maximum absolute atomic E-state index is 13.5. The fourth-order valence-corrected chi connectivity index (χ4v) is 1.92. The van der Waals surface area contributed by atoms with Gasteiger partial charge in [-0.1, -0.05) is 29.3 Å². The lowest BCUT2D eigenvalue weighted by Crippen LogP contribution is -2.43. The Morgan fingerprint density at radius 1 is 1.35 bits per heavy atom. The number of anilines is 1. The maximum Gasteiger partial charge on any atom is 0.326 e. The van der Waals surface area contributed by atoms with E-state index in [-0.39, 0.29) is 10.9 Å². The Bertz CT molecular complexity index is 502. The Hall–Kier alpha value is -1.70. The highest BCUT2D eigenvalue weighted by atomic mass is 79.9. The number of amides is 2. The first-order valence-electron chi connectivity index (χ1n) is 5.80. The third-order valence-corrected chi connectivity index (χ3v) is 2.88. The van der Waals surface area contributed by atoms with E-state index < -0.39 is 35.4 Å². The molecule has 0 radical (unpaired) electrons. The summed E-state index contributed by atoms with van der Waals surface area (Å²) in [6.07, 6.45) is 0.756. The van der Waals surface area contributed by atoms with E-state index in [4.69, 9.17) is 5.11 Å². The third kappa shape index (κ3) is 4.44. The van der Waals surface area contributed by atoms with E-state index in [0.717, 1.165) is 12.1 Å². The number of carboxylic acids is 1. The van der Waals surface area contributed by atoms with Crippen LogP contribution in [0.2, 0.25) is 0 Å². The summed E-state index contributed by atoms with van der Waals surface area (Å²) in [5.74, 6) is -3.14. The number of carbonyl (C=O) groups is 2.